The summed E-state index contributed by atoms with van der Waals surface area (Å²) in [6.07, 6.45) is 0.732. The molecule has 88 valence electrons. The minimum Gasteiger partial charge on any atom is -0.302 e. The first kappa shape index (κ1) is 12.8. The molecule has 1 rings (SSSR count). The molecule has 16 heavy (non-hydrogen) atoms. The number of nitriles is 1. The van der Waals surface area contributed by atoms with Crippen LogP contribution in [0.4, 0.5) is 0 Å². The van der Waals surface area contributed by atoms with Crippen molar-refractivity contribution in [2.24, 2.45) is 7.05 Å². The Morgan fingerprint density at radius 2 is 2.50 bits per heavy atom. The molecule has 1 aromatic heterocycles. The molecule has 0 spiro atoms. The number of rotatable bonds is 6. The Kier molecular flexibility index (Phi) is 5.08. The molecule has 0 aliphatic heterocycles. The molecule has 0 amide bonds. The minimum atomic E-state index is -0.217. The van der Waals surface area contributed by atoms with Gasteiger partial charge in [0.05, 0.1) is 12.1 Å². The van der Waals surface area contributed by atoms with Crippen LogP contribution in [0.5, 0.6) is 0 Å². The lowest BCUT2D eigenvalue weighted by Crippen LogP contribution is -2.27. The van der Waals surface area contributed by atoms with E-state index in [0.717, 1.165) is 18.7 Å². The standard InChI is InChI=1S/C9H15N5OS/c1-3-11-7(6-10)4-5-16-9-13-12-8(15)14(9)2/h7,11H,3-5H2,1-2H3,(H,12,15). The molecule has 0 fully saturated rings. The number of nitrogens with one attached hydrogen (secondary N) is 2. The summed E-state index contributed by atoms with van der Waals surface area (Å²) in [5.41, 5.74) is -0.217. The molecular formula is C9H15N5OS. The third kappa shape index (κ3) is 3.40. The second-order valence-corrected chi connectivity index (χ2v) is 4.31. The number of nitrogens with zero attached hydrogens (tertiary/aromatic N) is 3. The fourth-order valence-electron chi connectivity index (χ4n) is 1.19. The highest BCUT2D eigenvalue weighted by Gasteiger charge is 2.08. The van der Waals surface area contributed by atoms with Gasteiger partial charge in [-0.3, -0.25) is 4.57 Å². The van der Waals surface area contributed by atoms with Crippen LogP contribution in [0.25, 0.3) is 0 Å². The van der Waals surface area contributed by atoms with Crippen molar-refractivity contribution in [1.29, 1.82) is 5.26 Å². The van der Waals surface area contributed by atoms with E-state index in [1.165, 1.54) is 16.3 Å². The van der Waals surface area contributed by atoms with Crippen LogP contribution >= 0.6 is 11.8 Å². The van der Waals surface area contributed by atoms with Crippen LogP contribution in [0.3, 0.4) is 0 Å². The summed E-state index contributed by atoms with van der Waals surface area (Å²) in [6, 6.07) is 2.06. The van der Waals surface area contributed by atoms with Crippen LogP contribution in [0, 0.1) is 11.3 Å². The summed E-state index contributed by atoms with van der Waals surface area (Å²) in [5, 5.41) is 18.8. The smallest absolute Gasteiger partial charge is 0.302 e. The molecule has 1 heterocycles. The van der Waals surface area contributed by atoms with Gasteiger partial charge in [-0.25, -0.2) is 9.89 Å². The highest BCUT2D eigenvalue weighted by Crippen LogP contribution is 2.13. The van der Waals surface area contributed by atoms with Gasteiger partial charge in [0.15, 0.2) is 5.16 Å². The fourth-order valence-corrected chi connectivity index (χ4v) is 2.11. The summed E-state index contributed by atoms with van der Waals surface area (Å²) in [4.78, 5) is 11.1. The molecular weight excluding hydrogens is 226 g/mol. The second-order valence-electron chi connectivity index (χ2n) is 3.25. The number of aromatic nitrogens is 3. The Morgan fingerprint density at radius 1 is 1.75 bits per heavy atom. The maximum absolute atomic E-state index is 11.1. The van der Waals surface area contributed by atoms with Crippen LogP contribution in [0.2, 0.25) is 0 Å². The van der Waals surface area contributed by atoms with Crippen LogP contribution in [0.15, 0.2) is 9.95 Å². The SMILES string of the molecule is CCNC(C#N)CCSc1n[nH]c(=O)n1C. The third-order valence-electron chi connectivity index (χ3n) is 2.08. The van der Waals surface area contributed by atoms with Crippen molar-refractivity contribution >= 4 is 11.8 Å². The lowest BCUT2D eigenvalue weighted by Gasteiger charge is -2.08. The maximum Gasteiger partial charge on any atom is 0.343 e. The van der Waals surface area contributed by atoms with E-state index >= 15 is 0 Å². The topological polar surface area (TPSA) is 86.5 Å². The minimum absolute atomic E-state index is 0.131. The lowest BCUT2D eigenvalue weighted by atomic mass is 10.2. The van der Waals surface area contributed by atoms with E-state index in [0.29, 0.717) is 5.16 Å². The molecule has 0 aromatic carbocycles. The molecule has 7 heteroatoms. The van der Waals surface area contributed by atoms with Gasteiger partial charge in [0.2, 0.25) is 0 Å². The molecule has 0 aliphatic carbocycles. The van der Waals surface area contributed by atoms with Gasteiger partial charge in [0, 0.05) is 12.8 Å². The van der Waals surface area contributed by atoms with Gasteiger partial charge in [-0.2, -0.15) is 5.26 Å². The Hall–Kier alpha value is -1.26. The molecule has 0 bridgehead atoms. The monoisotopic (exact) mass is 241 g/mol. The van der Waals surface area contributed by atoms with E-state index in [2.05, 4.69) is 21.6 Å². The first-order valence-corrected chi connectivity index (χ1v) is 6.04. The molecule has 0 saturated heterocycles. The Balaban J connectivity index is 2.38. The van der Waals surface area contributed by atoms with Gasteiger partial charge in [-0.05, 0) is 13.0 Å². The van der Waals surface area contributed by atoms with Crippen molar-refractivity contribution in [2.45, 2.75) is 24.5 Å². The summed E-state index contributed by atoms with van der Waals surface area (Å²) < 4.78 is 1.46. The number of aromatic amines is 1. The Labute approximate surface area is 98.0 Å². The van der Waals surface area contributed by atoms with Gasteiger partial charge < -0.3 is 5.32 Å². The zero-order valence-corrected chi connectivity index (χ0v) is 10.2. The quantitative estimate of drug-likeness (QED) is 0.689. The van der Waals surface area contributed by atoms with Gasteiger partial charge >= 0.3 is 5.69 Å². The van der Waals surface area contributed by atoms with Gasteiger partial charge in [-0.15, -0.1) is 5.10 Å². The molecule has 1 unspecified atom stereocenters. The number of H-pyrrole nitrogens is 1. The molecule has 0 radical (unpaired) electrons. The van der Waals surface area contributed by atoms with Crippen molar-refractivity contribution in [2.75, 3.05) is 12.3 Å². The lowest BCUT2D eigenvalue weighted by molar-refractivity contribution is 0.612. The first-order chi connectivity index (χ1) is 7.69. The second kappa shape index (κ2) is 6.35. The van der Waals surface area contributed by atoms with E-state index in [1.807, 2.05) is 6.92 Å². The van der Waals surface area contributed by atoms with Gasteiger partial charge in [0.1, 0.15) is 0 Å². The van der Waals surface area contributed by atoms with E-state index < -0.39 is 0 Å². The van der Waals surface area contributed by atoms with Crippen LogP contribution in [-0.2, 0) is 7.05 Å². The number of hydrogen-bond donors (Lipinski definition) is 2. The summed E-state index contributed by atoms with van der Waals surface area (Å²) in [7, 11) is 1.67. The summed E-state index contributed by atoms with van der Waals surface area (Å²) in [5.74, 6) is 0.753. The van der Waals surface area contributed by atoms with Crippen molar-refractivity contribution in [1.82, 2.24) is 20.1 Å². The van der Waals surface area contributed by atoms with E-state index in [-0.39, 0.29) is 11.7 Å². The Bertz CT molecular complexity index is 418. The zero-order chi connectivity index (χ0) is 12.0. The van der Waals surface area contributed by atoms with E-state index in [4.69, 9.17) is 5.26 Å². The van der Waals surface area contributed by atoms with E-state index in [9.17, 15) is 4.79 Å². The fraction of sp³-hybridized carbons (Fsp3) is 0.667. The number of thioether (sulfide) groups is 1. The maximum atomic E-state index is 11.1. The summed E-state index contributed by atoms with van der Waals surface area (Å²) >= 11 is 1.47. The van der Waals surface area contributed by atoms with E-state index in [1.54, 1.807) is 7.05 Å². The molecule has 2 N–H and O–H groups in total. The molecule has 1 atom stereocenters. The molecule has 6 nitrogen and oxygen atoms in total. The normalized spacial score (nSPS) is 12.3. The van der Waals surface area contributed by atoms with Crippen LogP contribution < -0.4 is 11.0 Å². The van der Waals surface area contributed by atoms with Crippen molar-refractivity contribution in [3.8, 4) is 6.07 Å². The largest absolute Gasteiger partial charge is 0.343 e. The Morgan fingerprint density at radius 3 is 3.00 bits per heavy atom. The van der Waals surface area contributed by atoms with Crippen molar-refractivity contribution < 1.29 is 0 Å². The highest BCUT2D eigenvalue weighted by molar-refractivity contribution is 7.99. The average Bonchev–Trinajstić information content (AvgIpc) is 2.59. The first-order valence-electron chi connectivity index (χ1n) is 5.06. The van der Waals surface area contributed by atoms with Gasteiger partial charge in [0.25, 0.3) is 0 Å². The molecule has 0 aliphatic rings. The van der Waals surface area contributed by atoms with Crippen molar-refractivity contribution in [3.63, 3.8) is 0 Å². The van der Waals surface area contributed by atoms with Crippen LogP contribution in [0.1, 0.15) is 13.3 Å². The molecule has 0 saturated carbocycles. The molecule has 1 aromatic rings. The zero-order valence-electron chi connectivity index (χ0n) is 9.36. The average molecular weight is 241 g/mol. The number of hydrogen-bond acceptors (Lipinski definition) is 5. The van der Waals surface area contributed by atoms with Crippen LogP contribution in [-0.4, -0.2) is 33.1 Å². The summed E-state index contributed by atoms with van der Waals surface area (Å²) in [6.45, 7) is 2.75. The predicted molar refractivity (Wildman–Crippen MR) is 62.2 cm³/mol. The third-order valence-corrected chi connectivity index (χ3v) is 3.15. The predicted octanol–water partition coefficient (Wildman–Crippen LogP) is 0.0923. The van der Waals surface area contributed by atoms with Crippen molar-refractivity contribution in [3.05, 3.63) is 10.5 Å². The van der Waals surface area contributed by atoms with Gasteiger partial charge in [-0.1, -0.05) is 18.7 Å². The highest BCUT2D eigenvalue weighted by atomic mass is 32.2.